The molecule has 0 unspecified atom stereocenters. The lowest BCUT2D eigenvalue weighted by molar-refractivity contribution is -0.363. The first-order valence-electron chi connectivity index (χ1n) is 4.48. The molecule has 0 fully saturated rings. The molecule has 0 amide bonds. The van der Waals surface area contributed by atoms with Crippen molar-refractivity contribution >= 4 is 23.3 Å². The van der Waals surface area contributed by atoms with E-state index in [-0.39, 0.29) is 0 Å². The maximum atomic E-state index is 3.36. The van der Waals surface area contributed by atoms with Gasteiger partial charge in [0.2, 0.25) is 0 Å². The first-order valence-corrected chi connectivity index (χ1v) is 5.30. The maximum absolute atomic E-state index is 3.36. The number of rotatable bonds is 0. The van der Waals surface area contributed by atoms with E-state index in [0.717, 1.165) is 5.82 Å². The number of benzene rings is 1. The van der Waals surface area contributed by atoms with Gasteiger partial charge in [0.05, 0.1) is 11.1 Å². The van der Waals surface area contributed by atoms with Crippen LogP contribution in [0.2, 0.25) is 0 Å². The number of pyridine rings is 1. The van der Waals surface area contributed by atoms with E-state index >= 15 is 0 Å². The van der Waals surface area contributed by atoms with Crippen molar-refractivity contribution in [2.45, 2.75) is 9.79 Å². The van der Waals surface area contributed by atoms with Crippen LogP contribution >= 0.6 is 11.8 Å². The molecule has 0 atom stereocenters. The van der Waals surface area contributed by atoms with Crippen LogP contribution in [-0.4, -0.2) is 0 Å². The van der Waals surface area contributed by atoms with Gasteiger partial charge >= 0.3 is 0 Å². The van der Waals surface area contributed by atoms with E-state index in [4.69, 9.17) is 0 Å². The van der Waals surface area contributed by atoms with Crippen LogP contribution in [0, 0.1) is 0 Å². The lowest BCUT2D eigenvalue weighted by Gasteiger charge is -2.12. The van der Waals surface area contributed by atoms with Crippen LogP contribution in [0.25, 0.3) is 0 Å². The lowest BCUT2D eigenvalue weighted by atomic mass is 10.3. The van der Waals surface area contributed by atoms with E-state index in [1.165, 1.54) is 15.5 Å². The number of aromatic amines is 1. The molecule has 3 rings (SSSR count). The minimum absolute atomic E-state index is 1.08. The number of hydrogen-bond donors (Lipinski definition) is 1. The molecule has 3 heteroatoms. The number of H-pyrrole nitrogens is 1. The first-order chi connectivity index (χ1) is 6.93. The molecule has 1 aliphatic heterocycles. The summed E-state index contributed by atoms with van der Waals surface area (Å²) in [6.07, 6.45) is 1.93. The molecule has 2 heterocycles. The second kappa shape index (κ2) is 3.03. The zero-order chi connectivity index (χ0) is 9.38. The number of nitrogens with one attached hydrogen (secondary N) is 2. The minimum Gasteiger partial charge on any atom is -0.247 e. The highest BCUT2D eigenvalue weighted by molar-refractivity contribution is 7.99. The lowest BCUT2D eigenvalue weighted by Crippen LogP contribution is -2.12. The minimum atomic E-state index is 1.08. The average molecular weight is 201 g/mol. The maximum Gasteiger partial charge on any atom is 0.291 e. The summed E-state index contributed by atoms with van der Waals surface area (Å²) in [5, 5.41) is 3.36. The molecule has 0 saturated carbocycles. The molecule has 1 aromatic heterocycles. The number of fused-ring (bicyclic) bond motifs is 2. The van der Waals surface area contributed by atoms with Crippen molar-refractivity contribution in [3.8, 4) is 0 Å². The molecule has 0 saturated heterocycles. The fourth-order valence-electron chi connectivity index (χ4n) is 1.52. The van der Waals surface area contributed by atoms with Crippen LogP contribution in [0.3, 0.4) is 0 Å². The standard InChI is InChI=1S/C11H8N2S/c1-2-5-9-8(4-1)13-11-10(14-9)6-3-7-12-11/h1-7H,(H,12,13)/p+1. The van der Waals surface area contributed by atoms with Gasteiger partial charge in [0.25, 0.3) is 5.82 Å². The van der Waals surface area contributed by atoms with Crippen molar-refractivity contribution in [1.29, 1.82) is 0 Å². The Bertz CT molecular complexity index is 395. The van der Waals surface area contributed by atoms with Gasteiger partial charge in [-0.3, -0.25) is 0 Å². The van der Waals surface area contributed by atoms with Crippen molar-refractivity contribution < 1.29 is 4.98 Å². The Kier molecular flexibility index (Phi) is 1.70. The van der Waals surface area contributed by atoms with Gasteiger partial charge in [-0.1, -0.05) is 23.9 Å². The van der Waals surface area contributed by atoms with Gasteiger partial charge in [-0.25, -0.2) is 10.3 Å². The second-order valence-electron chi connectivity index (χ2n) is 3.13. The van der Waals surface area contributed by atoms with Crippen LogP contribution in [0.5, 0.6) is 0 Å². The Morgan fingerprint density at radius 1 is 1.00 bits per heavy atom. The predicted octanol–water partition coefficient (Wildman–Crippen LogP) is 2.71. The molecule has 0 spiro atoms. The smallest absolute Gasteiger partial charge is 0.247 e. The van der Waals surface area contributed by atoms with E-state index in [1.54, 1.807) is 11.8 Å². The number of aromatic nitrogens is 1. The van der Waals surface area contributed by atoms with Crippen LogP contribution < -0.4 is 10.3 Å². The zero-order valence-electron chi connectivity index (χ0n) is 7.45. The number of anilines is 2. The highest BCUT2D eigenvalue weighted by atomic mass is 32.2. The summed E-state index contributed by atoms with van der Waals surface area (Å²) < 4.78 is 0. The zero-order valence-corrected chi connectivity index (χ0v) is 8.27. The van der Waals surface area contributed by atoms with Crippen LogP contribution in [0.4, 0.5) is 11.5 Å². The van der Waals surface area contributed by atoms with Gasteiger partial charge < -0.3 is 0 Å². The molecule has 14 heavy (non-hydrogen) atoms. The van der Waals surface area contributed by atoms with Gasteiger partial charge in [0.15, 0.2) is 0 Å². The van der Waals surface area contributed by atoms with Crippen LogP contribution in [0.1, 0.15) is 0 Å². The van der Waals surface area contributed by atoms with Gasteiger partial charge in [-0.15, -0.1) is 0 Å². The summed E-state index contributed by atoms with van der Waals surface area (Å²) in [5.41, 5.74) is 1.17. The Morgan fingerprint density at radius 3 is 2.86 bits per heavy atom. The highest BCUT2D eigenvalue weighted by Gasteiger charge is 2.20. The molecule has 68 valence electrons. The summed E-state index contributed by atoms with van der Waals surface area (Å²) in [7, 11) is 0. The molecule has 2 nitrogen and oxygen atoms in total. The fraction of sp³-hybridized carbons (Fsp3) is 0. The summed E-state index contributed by atoms with van der Waals surface area (Å²) in [4.78, 5) is 5.72. The Balaban J connectivity index is 2.12. The Labute approximate surface area is 86.4 Å². The molecule has 1 aromatic carbocycles. The monoisotopic (exact) mass is 201 g/mol. The first kappa shape index (κ1) is 7.88. The van der Waals surface area contributed by atoms with Crippen molar-refractivity contribution in [1.82, 2.24) is 0 Å². The second-order valence-corrected chi connectivity index (χ2v) is 4.22. The van der Waals surface area contributed by atoms with E-state index in [0.29, 0.717) is 0 Å². The average Bonchev–Trinajstić information content (AvgIpc) is 2.26. The third-order valence-corrected chi connectivity index (χ3v) is 3.32. The van der Waals surface area contributed by atoms with Crippen LogP contribution in [-0.2, 0) is 0 Å². The molecule has 0 aliphatic carbocycles. The predicted molar refractivity (Wildman–Crippen MR) is 56.8 cm³/mol. The van der Waals surface area contributed by atoms with Crippen molar-refractivity contribution in [2.24, 2.45) is 0 Å². The largest absolute Gasteiger partial charge is 0.291 e. The molecule has 0 bridgehead atoms. The van der Waals surface area contributed by atoms with Gasteiger partial charge in [0.1, 0.15) is 10.6 Å². The highest BCUT2D eigenvalue weighted by Crippen LogP contribution is 2.41. The molecule has 1 aliphatic rings. The summed E-state index contributed by atoms with van der Waals surface area (Å²) in [5.74, 6) is 1.08. The van der Waals surface area contributed by atoms with E-state index in [1.807, 2.05) is 18.3 Å². The summed E-state index contributed by atoms with van der Waals surface area (Å²) in [6, 6.07) is 12.4. The fourth-order valence-corrected chi connectivity index (χ4v) is 2.49. The number of hydrogen-bond acceptors (Lipinski definition) is 2. The van der Waals surface area contributed by atoms with E-state index in [9.17, 15) is 0 Å². The van der Waals surface area contributed by atoms with Gasteiger partial charge in [0, 0.05) is 0 Å². The summed E-state index contributed by atoms with van der Waals surface area (Å²) in [6.45, 7) is 0. The SMILES string of the molecule is c1ccc2c(c1)Nc1[nH+]cccc1S2. The normalized spacial score (nSPS) is 12.6. The van der Waals surface area contributed by atoms with E-state index in [2.05, 4.69) is 34.6 Å². The van der Waals surface area contributed by atoms with Crippen molar-refractivity contribution in [2.75, 3.05) is 5.32 Å². The molecule has 2 N–H and O–H groups in total. The van der Waals surface area contributed by atoms with Crippen molar-refractivity contribution in [3.05, 3.63) is 42.6 Å². The van der Waals surface area contributed by atoms with Gasteiger partial charge in [-0.05, 0) is 24.3 Å². The molecule has 2 aromatic rings. The summed E-state index contributed by atoms with van der Waals surface area (Å²) >= 11 is 1.79. The van der Waals surface area contributed by atoms with Crippen LogP contribution in [0.15, 0.2) is 52.4 Å². The quantitative estimate of drug-likeness (QED) is 0.605. The van der Waals surface area contributed by atoms with E-state index < -0.39 is 0 Å². The third-order valence-electron chi connectivity index (χ3n) is 2.18. The molecular formula is C11H9N2S+. The van der Waals surface area contributed by atoms with Gasteiger partial charge in [-0.2, -0.15) is 0 Å². The Morgan fingerprint density at radius 2 is 1.86 bits per heavy atom. The Hall–Kier alpha value is -1.48. The third kappa shape index (κ3) is 1.17. The molecule has 0 radical (unpaired) electrons. The van der Waals surface area contributed by atoms with Crippen molar-refractivity contribution in [3.63, 3.8) is 0 Å². The molecular weight excluding hydrogens is 192 g/mol. The number of para-hydroxylation sites is 1. The topological polar surface area (TPSA) is 26.2 Å².